The van der Waals surface area contributed by atoms with Crippen LogP contribution in [0.15, 0.2) is 54.6 Å². The molecule has 0 N–H and O–H groups in total. The molecule has 2 rings (SSSR count). The van der Waals surface area contributed by atoms with E-state index in [1.54, 1.807) is 7.11 Å². The molecule has 0 unspecified atom stereocenters. The molecule has 0 radical (unpaired) electrons. The first-order valence-electron chi connectivity index (χ1n) is 7.15. The smallest absolute Gasteiger partial charge is 0.302 e. The SMILES string of the molecule is COc1ccc(C)cc1/C(=C\COC(C)=O)c1ccccc1. The lowest BCUT2D eigenvalue weighted by Gasteiger charge is -2.14. The summed E-state index contributed by atoms with van der Waals surface area (Å²) in [4.78, 5) is 11.0. The lowest BCUT2D eigenvalue weighted by atomic mass is 9.95. The molecule has 0 spiro atoms. The maximum Gasteiger partial charge on any atom is 0.302 e. The number of methoxy groups -OCH3 is 1. The van der Waals surface area contributed by atoms with Crippen LogP contribution in [0.2, 0.25) is 0 Å². The molecule has 0 aromatic heterocycles. The van der Waals surface area contributed by atoms with Gasteiger partial charge in [0.25, 0.3) is 0 Å². The molecular formula is C19H20O3. The van der Waals surface area contributed by atoms with Crippen LogP contribution in [0.5, 0.6) is 5.75 Å². The van der Waals surface area contributed by atoms with E-state index in [0.29, 0.717) is 0 Å². The fourth-order valence-corrected chi connectivity index (χ4v) is 2.28. The van der Waals surface area contributed by atoms with Crippen molar-refractivity contribution < 1.29 is 14.3 Å². The van der Waals surface area contributed by atoms with E-state index in [1.165, 1.54) is 6.92 Å². The highest BCUT2D eigenvalue weighted by Crippen LogP contribution is 2.31. The van der Waals surface area contributed by atoms with Crippen molar-refractivity contribution in [3.63, 3.8) is 0 Å². The fourth-order valence-electron chi connectivity index (χ4n) is 2.28. The molecule has 0 aliphatic rings. The van der Waals surface area contributed by atoms with Crippen molar-refractivity contribution in [3.05, 3.63) is 71.3 Å². The molecule has 0 fully saturated rings. The molecule has 0 amide bonds. The summed E-state index contributed by atoms with van der Waals surface area (Å²) in [5.74, 6) is 0.503. The Kier molecular flexibility index (Phi) is 5.37. The van der Waals surface area contributed by atoms with Crippen LogP contribution < -0.4 is 4.74 Å². The molecule has 0 aliphatic heterocycles. The molecule has 0 saturated carbocycles. The van der Waals surface area contributed by atoms with Gasteiger partial charge in [0, 0.05) is 12.5 Å². The fraction of sp³-hybridized carbons (Fsp3) is 0.211. The van der Waals surface area contributed by atoms with E-state index >= 15 is 0 Å². The number of ether oxygens (including phenoxy) is 2. The second-order valence-corrected chi connectivity index (χ2v) is 4.99. The minimum Gasteiger partial charge on any atom is -0.496 e. The Labute approximate surface area is 131 Å². The van der Waals surface area contributed by atoms with Crippen LogP contribution in [0, 0.1) is 6.92 Å². The number of carbonyl (C=O) groups is 1. The average molecular weight is 296 g/mol. The molecule has 3 nitrogen and oxygen atoms in total. The predicted molar refractivity (Wildman–Crippen MR) is 87.9 cm³/mol. The van der Waals surface area contributed by atoms with Gasteiger partial charge in [0.05, 0.1) is 7.11 Å². The Hall–Kier alpha value is -2.55. The third kappa shape index (κ3) is 3.98. The summed E-state index contributed by atoms with van der Waals surface area (Å²) in [7, 11) is 1.66. The van der Waals surface area contributed by atoms with Crippen molar-refractivity contribution in [2.75, 3.05) is 13.7 Å². The van der Waals surface area contributed by atoms with Gasteiger partial charge in [-0.2, -0.15) is 0 Å². The first-order valence-corrected chi connectivity index (χ1v) is 7.15. The highest BCUT2D eigenvalue weighted by atomic mass is 16.5. The van der Waals surface area contributed by atoms with Crippen molar-refractivity contribution in [2.24, 2.45) is 0 Å². The van der Waals surface area contributed by atoms with Gasteiger partial charge in [-0.25, -0.2) is 0 Å². The van der Waals surface area contributed by atoms with E-state index in [2.05, 4.69) is 6.07 Å². The Balaban J connectivity index is 2.49. The second kappa shape index (κ2) is 7.46. The van der Waals surface area contributed by atoms with Crippen LogP contribution in [-0.4, -0.2) is 19.7 Å². The molecule has 22 heavy (non-hydrogen) atoms. The second-order valence-electron chi connectivity index (χ2n) is 4.99. The molecule has 2 aromatic rings. The van der Waals surface area contributed by atoms with Crippen LogP contribution in [0.3, 0.4) is 0 Å². The van der Waals surface area contributed by atoms with Crippen molar-refractivity contribution >= 4 is 11.5 Å². The van der Waals surface area contributed by atoms with Crippen molar-refractivity contribution in [3.8, 4) is 5.75 Å². The van der Waals surface area contributed by atoms with E-state index in [-0.39, 0.29) is 12.6 Å². The van der Waals surface area contributed by atoms with Crippen molar-refractivity contribution in [1.82, 2.24) is 0 Å². The van der Waals surface area contributed by atoms with Gasteiger partial charge in [0.1, 0.15) is 12.4 Å². The van der Waals surface area contributed by atoms with Crippen molar-refractivity contribution in [2.45, 2.75) is 13.8 Å². The molecule has 0 heterocycles. The third-order valence-electron chi connectivity index (χ3n) is 3.30. The van der Waals surface area contributed by atoms with E-state index in [1.807, 2.05) is 55.5 Å². The Morgan fingerprint density at radius 1 is 1.14 bits per heavy atom. The summed E-state index contributed by atoms with van der Waals surface area (Å²) in [5.41, 5.74) is 4.17. The quantitative estimate of drug-likeness (QED) is 0.782. The summed E-state index contributed by atoms with van der Waals surface area (Å²) in [6, 6.07) is 16.0. The zero-order valence-corrected chi connectivity index (χ0v) is 13.1. The van der Waals surface area contributed by atoms with E-state index in [0.717, 1.165) is 28.0 Å². The number of hydrogen-bond donors (Lipinski definition) is 0. The summed E-state index contributed by atoms with van der Waals surface area (Å²) in [5, 5.41) is 0. The van der Waals surface area contributed by atoms with E-state index in [9.17, 15) is 4.79 Å². The number of hydrogen-bond acceptors (Lipinski definition) is 3. The Bertz CT molecular complexity index is 672. The molecule has 0 saturated heterocycles. The maximum absolute atomic E-state index is 11.0. The van der Waals surface area contributed by atoms with Crippen LogP contribution in [0.25, 0.3) is 5.57 Å². The van der Waals surface area contributed by atoms with Gasteiger partial charge in [0.15, 0.2) is 0 Å². The Morgan fingerprint density at radius 2 is 1.86 bits per heavy atom. The van der Waals surface area contributed by atoms with Crippen LogP contribution in [-0.2, 0) is 9.53 Å². The average Bonchev–Trinajstić information content (AvgIpc) is 2.52. The van der Waals surface area contributed by atoms with Gasteiger partial charge in [0.2, 0.25) is 0 Å². The van der Waals surface area contributed by atoms with Gasteiger partial charge in [-0.1, -0.05) is 42.0 Å². The molecule has 2 aromatic carbocycles. The van der Waals surface area contributed by atoms with Gasteiger partial charge in [-0.05, 0) is 36.3 Å². The summed E-state index contributed by atoms with van der Waals surface area (Å²) >= 11 is 0. The minimum atomic E-state index is -0.292. The lowest BCUT2D eigenvalue weighted by Crippen LogP contribution is -2.00. The molecule has 0 aliphatic carbocycles. The van der Waals surface area contributed by atoms with Crippen LogP contribution in [0.4, 0.5) is 0 Å². The highest BCUT2D eigenvalue weighted by Gasteiger charge is 2.11. The van der Waals surface area contributed by atoms with Crippen molar-refractivity contribution in [1.29, 1.82) is 0 Å². The molecule has 114 valence electrons. The Morgan fingerprint density at radius 3 is 2.50 bits per heavy atom. The minimum absolute atomic E-state index is 0.233. The third-order valence-corrected chi connectivity index (χ3v) is 3.30. The van der Waals surface area contributed by atoms with E-state index in [4.69, 9.17) is 9.47 Å². The lowest BCUT2D eigenvalue weighted by molar-refractivity contribution is -0.139. The number of aryl methyl sites for hydroxylation is 1. The number of benzene rings is 2. The monoisotopic (exact) mass is 296 g/mol. The maximum atomic E-state index is 11.0. The topological polar surface area (TPSA) is 35.5 Å². The highest BCUT2D eigenvalue weighted by molar-refractivity contribution is 5.83. The number of esters is 1. The molecule has 0 atom stereocenters. The van der Waals surface area contributed by atoms with Crippen LogP contribution in [0.1, 0.15) is 23.6 Å². The number of carbonyl (C=O) groups excluding carboxylic acids is 1. The summed E-state index contributed by atoms with van der Waals surface area (Å²) in [6.07, 6.45) is 1.91. The molecular weight excluding hydrogens is 276 g/mol. The van der Waals surface area contributed by atoms with Gasteiger partial charge in [-0.3, -0.25) is 4.79 Å². The zero-order valence-electron chi connectivity index (χ0n) is 13.1. The molecule has 0 bridgehead atoms. The van der Waals surface area contributed by atoms with Gasteiger partial charge in [-0.15, -0.1) is 0 Å². The molecule has 3 heteroatoms. The first-order chi connectivity index (χ1) is 10.6. The van der Waals surface area contributed by atoms with E-state index < -0.39 is 0 Å². The van der Waals surface area contributed by atoms with Gasteiger partial charge < -0.3 is 9.47 Å². The van der Waals surface area contributed by atoms with Crippen LogP contribution >= 0.6 is 0 Å². The standard InChI is InChI=1S/C19H20O3/c1-14-9-10-19(21-3)18(13-14)17(11-12-22-15(2)20)16-7-5-4-6-8-16/h4-11,13H,12H2,1-3H3/b17-11-. The predicted octanol–water partition coefficient (Wildman–Crippen LogP) is 4.00. The first kappa shape index (κ1) is 15.8. The summed E-state index contributed by atoms with van der Waals surface area (Å²) in [6.45, 7) is 3.68. The normalized spacial score (nSPS) is 11.1. The van der Waals surface area contributed by atoms with Gasteiger partial charge >= 0.3 is 5.97 Å². The summed E-state index contributed by atoms with van der Waals surface area (Å²) < 4.78 is 10.5. The largest absolute Gasteiger partial charge is 0.496 e. The zero-order chi connectivity index (χ0) is 15.9. The number of rotatable bonds is 5.